The number of aryl methyl sites for hydroxylation is 1. The van der Waals surface area contributed by atoms with Crippen molar-refractivity contribution < 1.29 is 14.7 Å². The van der Waals surface area contributed by atoms with E-state index in [0.29, 0.717) is 25.9 Å². The molecule has 1 aliphatic heterocycles. The molecule has 2 aromatic rings. The van der Waals surface area contributed by atoms with Gasteiger partial charge in [0.1, 0.15) is 0 Å². The number of carboxylic acids is 1. The van der Waals surface area contributed by atoms with Gasteiger partial charge < -0.3 is 10.0 Å². The number of fused-ring (bicyclic) bond motifs is 1. The lowest BCUT2D eigenvalue weighted by Gasteiger charge is -2.37. The van der Waals surface area contributed by atoms with Gasteiger partial charge in [0.25, 0.3) is 0 Å². The van der Waals surface area contributed by atoms with Crippen LogP contribution in [0.1, 0.15) is 28.3 Å². The van der Waals surface area contributed by atoms with E-state index in [1.807, 2.05) is 11.8 Å². The van der Waals surface area contributed by atoms with Gasteiger partial charge in [0, 0.05) is 23.3 Å². The average molecular weight is 362 g/mol. The highest BCUT2D eigenvalue weighted by atomic mass is 32.1. The molecular formula is C17H18N2O3S2. The van der Waals surface area contributed by atoms with E-state index in [4.69, 9.17) is 5.11 Å². The summed E-state index contributed by atoms with van der Waals surface area (Å²) in [5.41, 5.74) is 2.20. The fraction of sp³-hybridized carbons (Fsp3) is 0.471. The van der Waals surface area contributed by atoms with Crippen molar-refractivity contribution in [3.63, 3.8) is 0 Å². The van der Waals surface area contributed by atoms with Gasteiger partial charge >= 0.3 is 5.97 Å². The van der Waals surface area contributed by atoms with Gasteiger partial charge in [0.2, 0.25) is 5.91 Å². The van der Waals surface area contributed by atoms with E-state index in [-0.39, 0.29) is 11.8 Å². The number of aromatic nitrogens is 1. The smallest absolute Gasteiger partial charge is 0.307 e. The van der Waals surface area contributed by atoms with Crippen LogP contribution in [0.25, 0.3) is 10.6 Å². The van der Waals surface area contributed by atoms with E-state index in [9.17, 15) is 9.59 Å². The Morgan fingerprint density at radius 3 is 2.75 bits per heavy atom. The van der Waals surface area contributed by atoms with Crippen LogP contribution in [0.5, 0.6) is 0 Å². The molecule has 0 saturated heterocycles. The Morgan fingerprint density at radius 2 is 2.12 bits per heavy atom. The Kier molecular flexibility index (Phi) is 3.92. The highest BCUT2D eigenvalue weighted by Gasteiger charge is 2.43. The van der Waals surface area contributed by atoms with E-state index in [2.05, 4.69) is 16.4 Å². The largest absolute Gasteiger partial charge is 0.481 e. The lowest BCUT2D eigenvalue weighted by Crippen LogP contribution is -2.47. The zero-order chi connectivity index (χ0) is 16.8. The Labute approximate surface area is 148 Å². The van der Waals surface area contributed by atoms with Gasteiger partial charge in [0.15, 0.2) is 0 Å². The van der Waals surface area contributed by atoms with Crippen molar-refractivity contribution in [2.75, 3.05) is 6.54 Å². The summed E-state index contributed by atoms with van der Waals surface area (Å²) in [7, 11) is 0. The molecule has 0 aromatic carbocycles. The Morgan fingerprint density at radius 1 is 1.33 bits per heavy atom. The molecule has 4 rings (SSSR count). The summed E-state index contributed by atoms with van der Waals surface area (Å²) in [5.74, 6) is -1.65. The van der Waals surface area contributed by atoms with E-state index < -0.39 is 11.9 Å². The first-order chi connectivity index (χ1) is 11.5. The summed E-state index contributed by atoms with van der Waals surface area (Å²) in [4.78, 5) is 32.7. The van der Waals surface area contributed by atoms with Crippen molar-refractivity contribution in [3.8, 4) is 10.6 Å². The third-order valence-electron chi connectivity index (χ3n) is 4.96. The predicted octanol–water partition coefficient (Wildman–Crippen LogP) is 3.18. The van der Waals surface area contributed by atoms with Gasteiger partial charge in [-0.25, -0.2) is 4.98 Å². The molecule has 0 radical (unpaired) electrons. The van der Waals surface area contributed by atoms with Crippen molar-refractivity contribution in [3.05, 3.63) is 26.9 Å². The van der Waals surface area contributed by atoms with Crippen LogP contribution in [-0.4, -0.2) is 33.4 Å². The molecule has 5 nitrogen and oxygen atoms in total. The van der Waals surface area contributed by atoms with Crippen LogP contribution in [0.15, 0.2) is 11.4 Å². The molecule has 0 spiro atoms. The zero-order valence-corrected chi connectivity index (χ0v) is 15.0. The Bertz CT molecular complexity index is 811. The highest BCUT2D eigenvalue weighted by molar-refractivity contribution is 7.16. The number of hydrogen-bond acceptors (Lipinski definition) is 5. The fourth-order valence-electron chi connectivity index (χ4n) is 3.45. The maximum atomic E-state index is 12.6. The summed E-state index contributed by atoms with van der Waals surface area (Å²) >= 11 is 3.40. The average Bonchev–Trinajstić information content (AvgIpc) is 3.10. The number of carbonyl (C=O) groups excluding carboxylic acids is 1. The first kappa shape index (κ1) is 15.8. The molecule has 0 bridgehead atoms. The summed E-state index contributed by atoms with van der Waals surface area (Å²) in [6.07, 6.45) is 2.17. The number of nitrogens with zero attached hydrogens (tertiary/aromatic N) is 2. The van der Waals surface area contributed by atoms with Crippen LogP contribution in [0.4, 0.5) is 0 Å². The molecule has 1 saturated carbocycles. The number of hydrogen-bond donors (Lipinski definition) is 1. The SMILES string of the molecule is Cc1nc(-c2cc3c(s2)CCN(C(=O)C2CCC2C(=O)O)C3)cs1. The van der Waals surface area contributed by atoms with Crippen LogP contribution in [0, 0.1) is 18.8 Å². The number of aliphatic carboxylic acids is 1. The second-order valence-electron chi connectivity index (χ2n) is 6.45. The third kappa shape index (κ3) is 2.65. The van der Waals surface area contributed by atoms with Crippen molar-refractivity contribution in [2.45, 2.75) is 32.7 Å². The molecule has 2 aliphatic rings. The van der Waals surface area contributed by atoms with E-state index in [1.165, 1.54) is 10.4 Å². The van der Waals surface area contributed by atoms with Crippen LogP contribution < -0.4 is 0 Å². The van der Waals surface area contributed by atoms with E-state index in [1.54, 1.807) is 22.7 Å². The third-order valence-corrected chi connectivity index (χ3v) is 6.99. The number of thiazole rings is 1. The number of carboxylic acid groups (broad SMARTS) is 1. The topological polar surface area (TPSA) is 70.5 Å². The number of thiophene rings is 1. The summed E-state index contributed by atoms with van der Waals surface area (Å²) in [5, 5.41) is 12.3. The summed E-state index contributed by atoms with van der Waals surface area (Å²) in [6.45, 7) is 3.28. The number of amides is 1. The van der Waals surface area contributed by atoms with Crippen molar-refractivity contribution in [1.29, 1.82) is 0 Å². The van der Waals surface area contributed by atoms with Gasteiger partial charge in [-0.15, -0.1) is 22.7 Å². The quantitative estimate of drug-likeness (QED) is 0.910. The van der Waals surface area contributed by atoms with Crippen LogP contribution in [-0.2, 0) is 22.6 Å². The van der Waals surface area contributed by atoms with Crippen molar-refractivity contribution >= 4 is 34.6 Å². The maximum Gasteiger partial charge on any atom is 0.307 e. The first-order valence-corrected chi connectivity index (χ1v) is 9.78. The van der Waals surface area contributed by atoms with Crippen LogP contribution in [0.3, 0.4) is 0 Å². The molecule has 1 N–H and O–H groups in total. The molecule has 2 aromatic heterocycles. The van der Waals surface area contributed by atoms with Gasteiger partial charge in [-0.2, -0.15) is 0 Å². The molecule has 1 amide bonds. The van der Waals surface area contributed by atoms with Gasteiger partial charge in [-0.05, 0) is 37.8 Å². The fourth-order valence-corrected chi connectivity index (χ4v) is 5.26. The standard InChI is InChI=1S/C17H18N2O3S2/c1-9-18-13(8-23-9)15-6-10-7-19(5-4-14(10)24-15)16(20)11-2-3-12(11)17(21)22/h6,8,11-12H,2-5,7H2,1H3,(H,21,22). The van der Waals surface area contributed by atoms with Crippen LogP contribution in [0.2, 0.25) is 0 Å². The second-order valence-corrected chi connectivity index (χ2v) is 8.65. The monoisotopic (exact) mass is 362 g/mol. The minimum Gasteiger partial charge on any atom is -0.481 e. The Hall–Kier alpha value is -1.73. The van der Waals surface area contributed by atoms with E-state index >= 15 is 0 Å². The number of rotatable bonds is 3. The zero-order valence-electron chi connectivity index (χ0n) is 13.3. The van der Waals surface area contributed by atoms with Gasteiger partial charge in [-0.3, -0.25) is 9.59 Å². The molecule has 7 heteroatoms. The summed E-state index contributed by atoms with van der Waals surface area (Å²) in [6, 6.07) is 2.14. The molecule has 126 valence electrons. The normalized spacial score (nSPS) is 22.8. The molecule has 1 fully saturated rings. The number of carbonyl (C=O) groups is 2. The minimum absolute atomic E-state index is 0.0107. The molecule has 3 heterocycles. The van der Waals surface area contributed by atoms with Crippen molar-refractivity contribution in [2.24, 2.45) is 11.8 Å². The lowest BCUT2D eigenvalue weighted by atomic mass is 9.72. The lowest BCUT2D eigenvalue weighted by molar-refractivity contribution is -0.157. The van der Waals surface area contributed by atoms with Crippen LogP contribution >= 0.6 is 22.7 Å². The summed E-state index contributed by atoms with van der Waals surface area (Å²) < 4.78 is 0. The second kappa shape index (κ2) is 5.97. The Balaban J connectivity index is 1.51. The van der Waals surface area contributed by atoms with Gasteiger partial charge in [0.05, 0.1) is 27.4 Å². The first-order valence-electron chi connectivity index (χ1n) is 8.08. The minimum atomic E-state index is -0.839. The maximum absolute atomic E-state index is 12.6. The molecule has 2 unspecified atom stereocenters. The predicted molar refractivity (Wildman–Crippen MR) is 93.1 cm³/mol. The van der Waals surface area contributed by atoms with E-state index in [0.717, 1.165) is 22.0 Å². The molecule has 1 aliphatic carbocycles. The highest BCUT2D eigenvalue weighted by Crippen LogP contribution is 2.39. The molecular weight excluding hydrogens is 344 g/mol. The van der Waals surface area contributed by atoms with Gasteiger partial charge in [-0.1, -0.05) is 0 Å². The molecule has 24 heavy (non-hydrogen) atoms. The van der Waals surface area contributed by atoms with Crippen molar-refractivity contribution in [1.82, 2.24) is 9.88 Å². The molecule has 2 atom stereocenters.